The second kappa shape index (κ2) is 3.85. The van der Waals surface area contributed by atoms with Gasteiger partial charge < -0.3 is 0 Å². The molecule has 5 nitrogen and oxygen atoms in total. The highest BCUT2D eigenvalue weighted by atomic mass is 32.2. The van der Waals surface area contributed by atoms with Gasteiger partial charge in [0, 0.05) is 13.6 Å². The van der Waals surface area contributed by atoms with E-state index in [0.717, 1.165) is 17.8 Å². The van der Waals surface area contributed by atoms with Gasteiger partial charge in [0.25, 0.3) is 0 Å². The zero-order chi connectivity index (χ0) is 11.9. The van der Waals surface area contributed by atoms with E-state index in [9.17, 15) is 8.42 Å². The van der Waals surface area contributed by atoms with Gasteiger partial charge in [0.05, 0.1) is 23.7 Å². The molecule has 1 aromatic heterocycles. The fourth-order valence-corrected chi connectivity index (χ4v) is 3.23. The summed E-state index contributed by atoms with van der Waals surface area (Å²) in [6.07, 6.45) is 0.772. The molecule has 0 N–H and O–H groups in total. The van der Waals surface area contributed by atoms with Crippen LogP contribution in [-0.2, 0) is 30.0 Å². The molecule has 0 bridgehead atoms. The molecule has 2 heterocycles. The first-order valence-corrected chi connectivity index (χ1v) is 7.05. The monoisotopic (exact) mass is 243 g/mol. The molecule has 1 aliphatic heterocycles. The Balaban J connectivity index is 2.34. The van der Waals surface area contributed by atoms with E-state index in [2.05, 4.69) is 5.10 Å². The first kappa shape index (κ1) is 11.6. The van der Waals surface area contributed by atoms with Crippen molar-refractivity contribution in [3.05, 3.63) is 17.0 Å². The zero-order valence-corrected chi connectivity index (χ0v) is 10.7. The molecule has 0 atom stereocenters. The molecule has 90 valence electrons. The van der Waals surface area contributed by atoms with Crippen LogP contribution in [0.1, 0.15) is 23.9 Å². The van der Waals surface area contributed by atoms with E-state index in [0.29, 0.717) is 13.1 Å². The third-order valence-electron chi connectivity index (χ3n) is 3.17. The Bertz CT molecular complexity index is 504. The van der Waals surface area contributed by atoms with E-state index in [4.69, 9.17) is 0 Å². The van der Waals surface area contributed by atoms with Crippen molar-refractivity contribution in [2.24, 2.45) is 7.05 Å². The summed E-state index contributed by atoms with van der Waals surface area (Å²) in [7, 11) is -1.21. The minimum absolute atomic E-state index is 0.166. The number of rotatable bonds is 2. The van der Waals surface area contributed by atoms with E-state index >= 15 is 0 Å². The lowest BCUT2D eigenvalue weighted by Gasteiger charge is -2.26. The summed E-state index contributed by atoms with van der Waals surface area (Å²) in [6.45, 7) is 4.70. The van der Waals surface area contributed by atoms with Gasteiger partial charge in [-0.05, 0) is 25.8 Å². The Labute approximate surface area is 96.1 Å². The van der Waals surface area contributed by atoms with Crippen LogP contribution in [0.2, 0.25) is 0 Å². The van der Waals surface area contributed by atoms with Crippen molar-refractivity contribution in [3.8, 4) is 0 Å². The van der Waals surface area contributed by atoms with Crippen LogP contribution < -0.4 is 0 Å². The summed E-state index contributed by atoms with van der Waals surface area (Å²) >= 11 is 0. The number of nitrogens with zero attached hydrogens (tertiary/aromatic N) is 3. The average Bonchev–Trinajstić information content (AvgIpc) is 2.54. The molecule has 0 aliphatic carbocycles. The van der Waals surface area contributed by atoms with E-state index in [-0.39, 0.29) is 5.75 Å². The van der Waals surface area contributed by atoms with Crippen LogP contribution in [0, 0.1) is 6.92 Å². The normalized spacial score (nSPS) is 17.4. The fourth-order valence-electron chi connectivity index (χ4n) is 2.18. The second-order valence-electron chi connectivity index (χ2n) is 4.12. The standard InChI is InChI=1S/C10H17N3O2S/c1-4-16(14,15)13-6-5-9-8(2)11-12(3)10(9)7-13/h4-7H2,1-3H3. The van der Waals surface area contributed by atoms with Gasteiger partial charge in [-0.3, -0.25) is 4.68 Å². The molecule has 2 rings (SSSR count). The van der Waals surface area contributed by atoms with Crippen LogP contribution >= 0.6 is 0 Å². The van der Waals surface area contributed by atoms with Gasteiger partial charge >= 0.3 is 0 Å². The summed E-state index contributed by atoms with van der Waals surface area (Å²) in [5.41, 5.74) is 3.26. The van der Waals surface area contributed by atoms with Crippen LogP contribution in [0.5, 0.6) is 0 Å². The lowest BCUT2D eigenvalue weighted by molar-refractivity contribution is 0.380. The molecule has 0 spiro atoms. The fraction of sp³-hybridized carbons (Fsp3) is 0.700. The molecule has 0 fully saturated rings. The number of aryl methyl sites for hydroxylation is 2. The van der Waals surface area contributed by atoms with E-state index < -0.39 is 10.0 Å². The molecule has 0 amide bonds. The quantitative estimate of drug-likeness (QED) is 0.757. The molecule has 0 saturated carbocycles. The molecule has 0 aromatic carbocycles. The van der Waals surface area contributed by atoms with Crippen LogP contribution in [0.15, 0.2) is 0 Å². The Morgan fingerprint density at radius 3 is 2.75 bits per heavy atom. The topological polar surface area (TPSA) is 55.2 Å². The number of fused-ring (bicyclic) bond motifs is 1. The summed E-state index contributed by atoms with van der Waals surface area (Å²) in [5, 5.41) is 4.33. The number of hydrogen-bond acceptors (Lipinski definition) is 3. The third kappa shape index (κ3) is 1.76. The van der Waals surface area contributed by atoms with Crippen LogP contribution in [0.4, 0.5) is 0 Å². The molecule has 1 aromatic rings. The molecular formula is C10H17N3O2S. The van der Waals surface area contributed by atoms with Gasteiger partial charge in [0.2, 0.25) is 10.0 Å². The summed E-state index contributed by atoms with van der Waals surface area (Å²) < 4.78 is 26.9. The minimum Gasteiger partial charge on any atom is -0.271 e. The van der Waals surface area contributed by atoms with Crippen LogP contribution in [0.25, 0.3) is 0 Å². The summed E-state index contributed by atoms with van der Waals surface area (Å²) in [4.78, 5) is 0. The predicted octanol–water partition coefficient (Wildman–Crippen LogP) is 0.436. The van der Waals surface area contributed by atoms with Crippen LogP contribution in [-0.4, -0.2) is 34.8 Å². The van der Waals surface area contributed by atoms with Gasteiger partial charge in [-0.2, -0.15) is 9.40 Å². The molecular weight excluding hydrogens is 226 g/mol. The van der Waals surface area contributed by atoms with E-state index in [1.165, 1.54) is 5.56 Å². The largest absolute Gasteiger partial charge is 0.271 e. The van der Waals surface area contributed by atoms with Crippen molar-refractivity contribution in [3.63, 3.8) is 0 Å². The van der Waals surface area contributed by atoms with Crippen molar-refractivity contribution in [2.45, 2.75) is 26.8 Å². The van der Waals surface area contributed by atoms with Gasteiger partial charge in [-0.25, -0.2) is 8.42 Å². The van der Waals surface area contributed by atoms with Crippen molar-refractivity contribution >= 4 is 10.0 Å². The van der Waals surface area contributed by atoms with E-state index in [1.807, 2.05) is 14.0 Å². The van der Waals surface area contributed by atoms with Gasteiger partial charge in [0.15, 0.2) is 0 Å². The van der Waals surface area contributed by atoms with Crippen LogP contribution in [0.3, 0.4) is 0 Å². The maximum Gasteiger partial charge on any atom is 0.214 e. The summed E-state index contributed by atoms with van der Waals surface area (Å²) in [5.74, 6) is 0.166. The second-order valence-corrected chi connectivity index (χ2v) is 6.38. The van der Waals surface area contributed by atoms with Gasteiger partial charge in [-0.1, -0.05) is 0 Å². The number of sulfonamides is 1. The smallest absolute Gasteiger partial charge is 0.214 e. The predicted molar refractivity (Wildman–Crippen MR) is 61.5 cm³/mol. The third-order valence-corrected chi connectivity index (χ3v) is 5.00. The van der Waals surface area contributed by atoms with Crippen molar-refractivity contribution < 1.29 is 8.42 Å². The molecule has 0 unspecified atom stereocenters. The lowest BCUT2D eigenvalue weighted by Crippen LogP contribution is -2.37. The Kier molecular flexibility index (Phi) is 2.79. The minimum atomic E-state index is -3.08. The number of aromatic nitrogens is 2. The Morgan fingerprint density at radius 2 is 2.12 bits per heavy atom. The summed E-state index contributed by atoms with van der Waals surface area (Å²) in [6, 6.07) is 0. The maximum atomic E-state index is 11.8. The zero-order valence-electron chi connectivity index (χ0n) is 9.89. The highest BCUT2D eigenvalue weighted by molar-refractivity contribution is 7.89. The maximum absolute atomic E-state index is 11.8. The van der Waals surface area contributed by atoms with Gasteiger partial charge in [0.1, 0.15) is 0 Å². The highest BCUT2D eigenvalue weighted by Gasteiger charge is 2.28. The highest BCUT2D eigenvalue weighted by Crippen LogP contribution is 2.23. The molecule has 16 heavy (non-hydrogen) atoms. The SMILES string of the molecule is CCS(=O)(=O)N1CCc2c(C)nn(C)c2C1. The Morgan fingerprint density at radius 1 is 1.44 bits per heavy atom. The first-order chi connectivity index (χ1) is 7.45. The lowest BCUT2D eigenvalue weighted by atomic mass is 10.1. The number of hydrogen-bond donors (Lipinski definition) is 0. The molecule has 1 aliphatic rings. The van der Waals surface area contributed by atoms with Crippen molar-refractivity contribution in [1.29, 1.82) is 0 Å². The van der Waals surface area contributed by atoms with Crippen molar-refractivity contribution in [2.75, 3.05) is 12.3 Å². The first-order valence-electron chi connectivity index (χ1n) is 5.45. The average molecular weight is 243 g/mol. The van der Waals surface area contributed by atoms with Gasteiger partial charge in [-0.15, -0.1) is 0 Å². The Hall–Kier alpha value is -0.880. The van der Waals surface area contributed by atoms with Crippen molar-refractivity contribution in [1.82, 2.24) is 14.1 Å². The molecule has 6 heteroatoms. The molecule has 0 saturated heterocycles. The molecule has 0 radical (unpaired) electrons. The van der Waals surface area contributed by atoms with E-state index in [1.54, 1.807) is 15.9 Å².